The summed E-state index contributed by atoms with van der Waals surface area (Å²) in [7, 11) is 0. The number of benzene rings is 3. The van der Waals surface area contributed by atoms with Crippen LogP contribution in [-0.2, 0) is 17.6 Å². The van der Waals surface area contributed by atoms with Gasteiger partial charge in [-0.05, 0) is 84.1 Å². The van der Waals surface area contributed by atoms with Crippen LogP contribution in [0, 0.1) is 25.5 Å². The Kier molecular flexibility index (Phi) is 7.41. The summed E-state index contributed by atoms with van der Waals surface area (Å²) in [5, 5.41) is 9.69. The van der Waals surface area contributed by atoms with Crippen molar-refractivity contribution in [3.63, 3.8) is 0 Å². The molecule has 1 aliphatic heterocycles. The number of carboxylic acid groups (broad SMARTS) is 1. The molecule has 0 radical (unpaired) electrons. The third-order valence-electron chi connectivity index (χ3n) is 6.71. The predicted octanol–water partition coefficient (Wildman–Crippen LogP) is 6.96. The van der Waals surface area contributed by atoms with Crippen LogP contribution in [0.4, 0.5) is 8.78 Å². The Balaban J connectivity index is 1.52. The van der Waals surface area contributed by atoms with Gasteiger partial charge in [0.2, 0.25) is 0 Å². The van der Waals surface area contributed by atoms with E-state index >= 15 is 4.39 Å². The van der Waals surface area contributed by atoms with E-state index in [0.29, 0.717) is 59.0 Å². The maximum Gasteiger partial charge on any atom is 0.307 e. The number of hydrogen-bond acceptors (Lipinski definition) is 4. The van der Waals surface area contributed by atoms with E-state index in [1.807, 2.05) is 43.3 Å². The number of rotatable bonds is 8. The van der Waals surface area contributed by atoms with Gasteiger partial charge in [0, 0.05) is 28.9 Å². The maximum absolute atomic E-state index is 15.1. The molecule has 198 valence electrons. The van der Waals surface area contributed by atoms with Crippen molar-refractivity contribution >= 4 is 12.0 Å². The summed E-state index contributed by atoms with van der Waals surface area (Å²) in [6.07, 6.45) is 3.99. The van der Waals surface area contributed by atoms with Crippen LogP contribution in [0.3, 0.4) is 0 Å². The summed E-state index contributed by atoms with van der Waals surface area (Å²) in [5.74, 6) is -0.927. The minimum Gasteiger partial charge on any atom is -0.493 e. The molecule has 0 saturated carbocycles. The number of aromatic nitrogens is 1. The highest BCUT2D eigenvalue weighted by molar-refractivity contribution is 5.91. The van der Waals surface area contributed by atoms with Gasteiger partial charge in [-0.3, -0.25) is 9.78 Å². The van der Waals surface area contributed by atoms with Crippen LogP contribution in [-0.4, -0.2) is 29.3 Å². The molecule has 3 aromatic carbocycles. The van der Waals surface area contributed by atoms with E-state index in [0.717, 1.165) is 16.7 Å². The smallest absolute Gasteiger partial charge is 0.307 e. The summed E-state index contributed by atoms with van der Waals surface area (Å²) in [6.45, 7) is 4.36. The molecule has 1 aliphatic rings. The van der Waals surface area contributed by atoms with Gasteiger partial charge in [0.25, 0.3) is 0 Å². The fraction of sp³-hybridized carbons (Fsp3) is 0.188. The monoisotopic (exact) mass is 527 g/mol. The fourth-order valence-corrected chi connectivity index (χ4v) is 4.92. The first-order valence-electron chi connectivity index (χ1n) is 12.6. The lowest BCUT2D eigenvalue weighted by molar-refractivity contribution is -0.136. The SMILES string of the molecule is Cc1nc(C)c(-c2ccc(OCCc3ccc(F)cc3)cc2)c(-c2cc(F)c3c(c2)C=CCO3)c1CC(=O)O. The van der Waals surface area contributed by atoms with Crippen molar-refractivity contribution in [1.82, 2.24) is 4.98 Å². The van der Waals surface area contributed by atoms with Gasteiger partial charge in [-0.15, -0.1) is 0 Å². The molecular weight excluding hydrogens is 500 g/mol. The van der Waals surface area contributed by atoms with Crippen LogP contribution in [0.15, 0.2) is 66.7 Å². The molecule has 0 unspecified atom stereocenters. The molecule has 1 aromatic heterocycles. The second-order valence-corrected chi connectivity index (χ2v) is 9.42. The van der Waals surface area contributed by atoms with Gasteiger partial charge < -0.3 is 14.6 Å². The van der Waals surface area contributed by atoms with Crippen LogP contribution in [0.2, 0.25) is 0 Å². The van der Waals surface area contributed by atoms with Crippen LogP contribution in [0.25, 0.3) is 28.3 Å². The molecule has 5 rings (SSSR count). The normalized spacial score (nSPS) is 12.1. The Morgan fingerprint density at radius 2 is 1.72 bits per heavy atom. The summed E-state index contributed by atoms with van der Waals surface area (Å²) in [6, 6.07) is 17.0. The highest BCUT2D eigenvalue weighted by Gasteiger charge is 2.23. The number of aliphatic carboxylic acids is 1. The Morgan fingerprint density at radius 1 is 0.974 bits per heavy atom. The molecule has 1 N–H and O–H groups in total. The molecule has 4 aromatic rings. The van der Waals surface area contributed by atoms with Crippen LogP contribution in [0.1, 0.15) is 28.1 Å². The fourth-order valence-electron chi connectivity index (χ4n) is 4.92. The van der Waals surface area contributed by atoms with E-state index in [1.54, 1.807) is 25.1 Å². The molecule has 7 heteroatoms. The third kappa shape index (κ3) is 5.67. The Hall–Kier alpha value is -4.52. The third-order valence-corrected chi connectivity index (χ3v) is 6.71. The maximum atomic E-state index is 15.1. The lowest BCUT2D eigenvalue weighted by atomic mass is 9.87. The largest absolute Gasteiger partial charge is 0.493 e. The van der Waals surface area contributed by atoms with E-state index in [1.165, 1.54) is 18.2 Å². The average Bonchev–Trinajstić information content (AvgIpc) is 2.91. The zero-order valence-corrected chi connectivity index (χ0v) is 21.6. The van der Waals surface area contributed by atoms with Gasteiger partial charge in [-0.2, -0.15) is 0 Å². The first-order chi connectivity index (χ1) is 18.8. The second kappa shape index (κ2) is 11.1. The van der Waals surface area contributed by atoms with Gasteiger partial charge in [-0.25, -0.2) is 8.78 Å². The topological polar surface area (TPSA) is 68.7 Å². The second-order valence-electron chi connectivity index (χ2n) is 9.42. The van der Waals surface area contributed by atoms with E-state index in [-0.39, 0.29) is 18.0 Å². The quantitative estimate of drug-likeness (QED) is 0.268. The highest BCUT2D eigenvalue weighted by Crippen LogP contribution is 2.41. The van der Waals surface area contributed by atoms with Crippen molar-refractivity contribution in [3.05, 3.63) is 106 Å². The number of pyridine rings is 1. The molecule has 0 aliphatic carbocycles. The predicted molar refractivity (Wildman–Crippen MR) is 146 cm³/mol. The number of carboxylic acids is 1. The first kappa shape index (κ1) is 26.1. The number of ether oxygens (including phenoxy) is 2. The number of fused-ring (bicyclic) bond motifs is 1. The molecule has 0 saturated heterocycles. The Bertz CT molecular complexity index is 1560. The van der Waals surface area contributed by atoms with E-state index in [9.17, 15) is 14.3 Å². The molecule has 0 bridgehead atoms. The van der Waals surface area contributed by atoms with Crippen molar-refractivity contribution in [3.8, 4) is 33.8 Å². The minimum absolute atomic E-state index is 0.187. The van der Waals surface area contributed by atoms with E-state index in [4.69, 9.17) is 9.47 Å². The van der Waals surface area contributed by atoms with Gasteiger partial charge >= 0.3 is 5.97 Å². The van der Waals surface area contributed by atoms with Crippen LogP contribution >= 0.6 is 0 Å². The number of halogens is 2. The van der Waals surface area contributed by atoms with Gasteiger partial charge in [0.05, 0.1) is 13.0 Å². The molecule has 0 spiro atoms. The molecular formula is C32H27F2NO4. The lowest BCUT2D eigenvalue weighted by Crippen LogP contribution is -2.09. The molecule has 0 amide bonds. The van der Waals surface area contributed by atoms with Gasteiger partial charge in [0.1, 0.15) is 18.2 Å². The summed E-state index contributed by atoms with van der Waals surface area (Å²) in [5.41, 5.74) is 6.11. The lowest BCUT2D eigenvalue weighted by Gasteiger charge is -2.21. The molecule has 39 heavy (non-hydrogen) atoms. The van der Waals surface area contributed by atoms with E-state index in [2.05, 4.69) is 4.98 Å². The average molecular weight is 528 g/mol. The minimum atomic E-state index is -0.998. The standard InChI is InChI=1S/C32H27F2NO4/c1-19-27(18-29(36)37)31(24-16-23-4-3-14-39-32(23)28(34)17-24)30(20(2)35-19)22-7-11-26(12-8-22)38-15-13-21-5-9-25(33)10-6-21/h3-12,16-17H,13-15,18H2,1-2H3,(H,36,37). The Labute approximate surface area is 225 Å². The van der Waals surface area contributed by atoms with Crippen LogP contribution in [0.5, 0.6) is 11.5 Å². The Morgan fingerprint density at radius 3 is 2.44 bits per heavy atom. The number of aryl methyl sites for hydroxylation is 2. The number of nitrogens with zero attached hydrogens (tertiary/aromatic N) is 1. The van der Waals surface area contributed by atoms with Gasteiger partial charge in [-0.1, -0.05) is 30.3 Å². The molecule has 0 atom stereocenters. The van der Waals surface area contributed by atoms with Gasteiger partial charge in [0.15, 0.2) is 11.6 Å². The summed E-state index contributed by atoms with van der Waals surface area (Å²) < 4.78 is 39.6. The van der Waals surface area contributed by atoms with Crippen molar-refractivity contribution in [2.45, 2.75) is 26.7 Å². The first-order valence-corrected chi connectivity index (χ1v) is 12.6. The summed E-state index contributed by atoms with van der Waals surface area (Å²) in [4.78, 5) is 16.5. The van der Waals surface area contributed by atoms with Crippen molar-refractivity contribution in [1.29, 1.82) is 0 Å². The summed E-state index contributed by atoms with van der Waals surface area (Å²) >= 11 is 0. The number of hydrogen-bond donors (Lipinski definition) is 1. The van der Waals surface area contributed by atoms with Crippen LogP contribution < -0.4 is 9.47 Å². The zero-order chi connectivity index (χ0) is 27.5. The molecule has 0 fully saturated rings. The van der Waals surface area contributed by atoms with Crippen molar-refractivity contribution in [2.24, 2.45) is 0 Å². The van der Waals surface area contributed by atoms with Crippen molar-refractivity contribution < 1.29 is 28.2 Å². The van der Waals surface area contributed by atoms with E-state index < -0.39 is 11.8 Å². The molecule has 2 heterocycles. The highest BCUT2D eigenvalue weighted by atomic mass is 19.1. The molecule has 5 nitrogen and oxygen atoms in total. The van der Waals surface area contributed by atoms with Crippen molar-refractivity contribution in [2.75, 3.05) is 13.2 Å². The number of carbonyl (C=O) groups is 1. The zero-order valence-electron chi connectivity index (χ0n) is 21.6.